The summed E-state index contributed by atoms with van der Waals surface area (Å²) in [6.07, 6.45) is 3.42. The largest absolute Gasteiger partial charge is 0.493 e. The van der Waals surface area contributed by atoms with Gasteiger partial charge in [0.1, 0.15) is 6.26 Å². The number of allylic oxidation sites excluding steroid dienone is 1. The number of hydrogen-bond acceptors (Lipinski definition) is 1. The highest BCUT2D eigenvalue weighted by atomic mass is 16.5. The molecule has 0 aliphatic rings. The normalized spacial score (nSPS) is 8.44. The van der Waals surface area contributed by atoms with Crippen LogP contribution in [0.3, 0.4) is 0 Å². The van der Waals surface area contributed by atoms with Crippen molar-refractivity contribution in [2.75, 3.05) is 6.61 Å². The van der Waals surface area contributed by atoms with Crippen LogP contribution in [0.2, 0.25) is 0 Å². The van der Waals surface area contributed by atoms with Gasteiger partial charge in [-0.25, -0.2) is 0 Å². The predicted molar refractivity (Wildman–Crippen MR) is 39.1 cm³/mol. The van der Waals surface area contributed by atoms with Crippen molar-refractivity contribution in [3.8, 4) is 0 Å². The maximum atomic E-state index is 5.07. The lowest BCUT2D eigenvalue weighted by molar-refractivity contribution is 0.212. The van der Waals surface area contributed by atoms with Crippen molar-refractivity contribution in [1.29, 1.82) is 0 Å². The van der Waals surface area contributed by atoms with E-state index in [1.807, 2.05) is 13.0 Å². The molecule has 9 heavy (non-hydrogen) atoms. The van der Waals surface area contributed by atoms with E-state index in [1.54, 1.807) is 6.26 Å². The zero-order valence-corrected chi connectivity index (χ0v) is 6.35. The van der Waals surface area contributed by atoms with Crippen LogP contribution in [0.4, 0.5) is 0 Å². The van der Waals surface area contributed by atoms with E-state index in [9.17, 15) is 0 Å². The maximum Gasteiger partial charge on any atom is 0.125 e. The molecular weight excluding hydrogens is 112 g/mol. The van der Waals surface area contributed by atoms with Gasteiger partial charge in [-0.3, -0.25) is 0 Å². The van der Waals surface area contributed by atoms with Gasteiger partial charge in [0.05, 0.1) is 6.61 Å². The summed E-state index contributed by atoms with van der Waals surface area (Å²) in [5.74, 6) is 0.597. The summed E-state index contributed by atoms with van der Waals surface area (Å²) < 4.78 is 5.07. The summed E-state index contributed by atoms with van der Waals surface area (Å²) in [4.78, 5) is 0. The van der Waals surface area contributed by atoms with Crippen LogP contribution in [0.1, 0.15) is 20.8 Å². The molecule has 0 fully saturated rings. The Morgan fingerprint density at radius 2 is 2.22 bits per heavy atom. The van der Waals surface area contributed by atoms with E-state index in [1.165, 1.54) is 0 Å². The SMILES string of the molecule is CC=C=COCC(C)C. The molecule has 0 aromatic carbocycles. The van der Waals surface area contributed by atoms with Crippen molar-refractivity contribution >= 4 is 0 Å². The van der Waals surface area contributed by atoms with Crippen molar-refractivity contribution in [3.63, 3.8) is 0 Å². The standard InChI is InChI=1S/C8H14O/c1-4-5-6-9-7-8(2)3/h4,6,8H,7H2,1-3H3. The lowest BCUT2D eigenvalue weighted by Gasteiger charge is -2.00. The Labute approximate surface area is 57.0 Å². The quantitative estimate of drug-likeness (QED) is 0.416. The number of hydrogen-bond donors (Lipinski definition) is 0. The van der Waals surface area contributed by atoms with Gasteiger partial charge in [-0.1, -0.05) is 19.6 Å². The van der Waals surface area contributed by atoms with Gasteiger partial charge in [-0.15, -0.1) is 0 Å². The van der Waals surface area contributed by atoms with Crippen LogP contribution >= 0.6 is 0 Å². The van der Waals surface area contributed by atoms with E-state index in [0.29, 0.717) is 5.92 Å². The fraction of sp³-hybridized carbons (Fsp3) is 0.625. The average molecular weight is 126 g/mol. The van der Waals surface area contributed by atoms with Gasteiger partial charge in [0.2, 0.25) is 0 Å². The molecule has 1 nitrogen and oxygen atoms in total. The molecule has 52 valence electrons. The third-order valence-electron chi connectivity index (χ3n) is 0.748. The smallest absolute Gasteiger partial charge is 0.125 e. The first-order valence-corrected chi connectivity index (χ1v) is 3.24. The second kappa shape index (κ2) is 5.46. The lowest BCUT2D eigenvalue weighted by atomic mass is 10.2. The Morgan fingerprint density at radius 1 is 1.56 bits per heavy atom. The maximum absolute atomic E-state index is 5.07. The summed E-state index contributed by atoms with van der Waals surface area (Å²) in [6, 6.07) is 0. The van der Waals surface area contributed by atoms with E-state index in [0.717, 1.165) is 6.61 Å². The van der Waals surface area contributed by atoms with Gasteiger partial charge in [-0.05, 0) is 18.9 Å². The van der Waals surface area contributed by atoms with E-state index in [-0.39, 0.29) is 0 Å². The molecule has 1 heteroatoms. The third-order valence-corrected chi connectivity index (χ3v) is 0.748. The minimum Gasteiger partial charge on any atom is -0.493 e. The number of rotatable bonds is 3. The van der Waals surface area contributed by atoms with Gasteiger partial charge in [0, 0.05) is 0 Å². The highest BCUT2D eigenvalue weighted by Gasteiger charge is 1.87. The molecule has 0 saturated carbocycles. The van der Waals surface area contributed by atoms with Crippen LogP contribution < -0.4 is 0 Å². The van der Waals surface area contributed by atoms with Crippen molar-refractivity contribution < 1.29 is 4.74 Å². The molecule has 0 bridgehead atoms. The summed E-state index contributed by atoms with van der Waals surface area (Å²) in [6.45, 7) is 6.92. The summed E-state index contributed by atoms with van der Waals surface area (Å²) in [5.41, 5.74) is 2.83. The van der Waals surface area contributed by atoms with E-state index >= 15 is 0 Å². The zero-order chi connectivity index (χ0) is 7.11. The van der Waals surface area contributed by atoms with Crippen molar-refractivity contribution in [2.24, 2.45) is 5.92 Å². The van der Waals surface area contributed by atoms with Gasteiger partial charge in [-0.2, -0.15) is 0 Å². The van der Waals surface area contributed by atoms with Gasteiger partial charge >= 0.3 is 0 Å². The van der Waals surface area contributed by atoms with E-state index in [2.05, 4.69) is 19.6 Å². The van der Waals surface area contributed by atoms with Crippen molar-refractivity contribution in [1.82, 2.24) is 0 Å². The molecule has 0 N–H and O–H groups in total. The Bertz CT molecular complexity index is 108. The second-order valence-electron chi connectivity index (χ2n) is 2.30. The topological polar surface area (TPSA) is 9.23 Å². The summed E-state index contributed by atoms with van der Waals surface area (Å²) in [7, 11) is 0. The number of ether oxygens (including phenoxy) is 1. The van der Waals surface area contributed by atoms with Gasteiger partial charge < -0.3 is 4.74 Å². The second-order valence-corrected chi connectivity index (χ2v) is 2.30. The lowest BCUT2D eigenvalue weighted by Crippen LogP contribution is -1.95. The van der Waals surface area contributed by atoms with Gasteiger partial charge in [0.15, 0.2) is 0 Å². The fourth-order valence-electron chi connectivity index (χ4n) is 0.357. The summed E-state index contributed by atoms with van der Waals surface area (Å²) in [5, 5.41) is 0. The molecule has 0 atom stereocenters. The average Bonchev–Trinajstić information content (AvgIpc) is 1.80. The van der Waals surface area contributed by atoms with Crippen molar-refractivity contribution in [2.45, 2.75) is 20.8 Å². The molecule has 0 amide bonds. The zero-order valence-electron chi connectivity index (χ0n) is 6.35. The van der Waals surface area contributed by atoms with Crippen molar-refractivity contribution in [3.05, 3.63) is 18.1 Å². The highest BCUT2D eigenvalue weighted by molar-refractivity contribution is 4.74. The molecular formula is C8H14O. The molecule has 0 aliphatic carbocycles. The first kappa shape index (κ1) is 8.32. The highest BCUT2D eigenvalue weighted by Crippen LogP contribution is 1.91. The molecule has 0 aromatic rings. The minimum atomic E-state index is 0.597. The predicted octanol–water partition coefficient (Wildman–Crippen LogP) is 2.35. The molecule has 0 rings (SSSR count). The Kier molecular flexibility index (Phi) is 5.04. The van der Waals surface area contributed by atoms with Crippen LogP contribution in [0.15, 0.2) is 18.1 Å². The molecule has 0 spiro atoms. The Hall–Kier alpha value is -0.680. The van der Waals surface area contributed by atoms with E-state index < -0.39 is 0 Å². The minimum absolute atomic E-state index is 0.597. The van der Waals surface area contributed by atoms with Crippen LogP contribution in [0.5, 0.6) is 0 Å². The summed E-state index contributed by atoms with van der Waals surface area (Å²) >= 11 is 0. The fourth-order valence-corrected chi connectivity index (χ4v) is 0.357. The van der Waals surface area contributed by atoms with Crippen LogP contribution in [-0.2, 0) is 4.74 Å². The first-order valence-electron chi connectivity index (χ1n) is 3.24. The van der Waals surface area contributed by atoms with Crippen LogP contribution in [0.25, 0.3) is 0 Å². The molecule has 0 aromatic heterocycles. The van der Waals surface area contributed by atoms with Crippen LogP contribution in [-0.4, -0.2) is 6.61 Å². The Morgan fingerprint density at radius 3 is 2.67 bits per heavy atom. The molecule has 0 radical (unpaired) electrons. The van der Waals surface area contributed by atoms with Crippen LogP contribution in [0, 0.1) is 5.92 Å². The third kappa shape index (κ3) is 7.32. The molecule has 0 unspecified atom stereocenters. The molecule has 0 aliphatic heterocycles. The van der Waals surface area contributed by atoms with E-state index in [4.69, 9.17) is 4.74 Å². The first-order chi connectivity index (χ1) is 4.27. The molecule has 0 heterocycles. The molecule has 0 saturated heterocycles. The van der Waals surface area contributed by atoms with Gasteiger partial charge in [0.25, 0.3) is 0 Å². The Balaban J connectivity index is 3.20. The monoisotopic (exact) mass is 126 g/mol.